The predicted octanol–water partition coefficient (Wildman–Crippen LogP) is 1.33. The predicted molar refractivity (Wildman–Crippen MR) is 81.4 cm³/mol. The zero-order chi connectivity index (χ0) is 13.9. The summed E-state index contributed by atoms with van der Waals surface area (Å²) in [6.45, 7) is 6.39. The number of rotatable bonds is 5. The number of nitrogens with zero attached hydrogens (tertiary/aromatic N) is 2. The SMILES string of the molecule is Nc1cccc(C(O)CN2CCN(CC3CC3)CC2)c1. The molecule has 1 saturated carbocycles. The van der Waals surface area contributed by atoms with E-state index in [1.165, 1.54) is 19.4 Å². The van der Waals surface area contributed by atoms with Crippen molar-refractivity contribution in [2.24, 2.45) is 5.92 Å². The Balaban J connectivity index is 1.46. The highest BCUT2D eigenvalue weighted by atomic mass is 16.3. The van der Waals surface area contributed by atoms with Crippen molar-refractivity contribution in [3.05, 3.63) is 29.8 Å². The van der Waals surface area contributed by atoms with E-state index >= 15 is 0 Å². The number of piperazine rings is 1. The molecule has 0 spiro atoms. The molecule has 1 aliphatic carbocycles. The van der Waals surface area contributed by atoms with E-state index in [-0.39, 0.29) is 0 Å². The minimum Gasteiger partial charge on any atom is -0.399 e. The molecule has 1 atom stereocenters. The molecule has 1 saturated heterocycles. The summed E-state index contributed by atoms with van der Waals surface area (Å²) in [5.41, 5.74) is 7.41. The van der Waals surface area contributed by atoms with Gasteiger partial charge < -0.3 is 15.7 Å². The summed E-state index contributed by atoms with van der Waals surface area (Å²) in [5.74, 6) is 0.972. The second-order valence-electron chi connectivity index (χ2n) is 6.23. The Bertz CT molecular complexity index is 439. The lowest BCUT2D eigenvalue weighted by atomic mass is 10.1. The Kier molecular flexibility index (Phi) is 4.24. The van der Waals surface area contributed by atoms with Crippen molar-refractivity contribution >= 4 is 5.69 Å². The molecule has 20 heavy (non-hydrogen) atoms. The Hall–Kier alpha value is -1.10. The average molecular weight is 275 g/mol. The number of hydrogen-bond donors (Lipinski definition) is 2. The summed E-state index contributed by atoms with van der Waals surface area (Å²) in [4.78, 5) is 4.93. The van der Waals surface area contributed by atoms with Gasteiger partial charge in [-0.1, -0.05) is 12.1 Å². The van der Waals surface area contributed by atoms with E-state index in [2.05, 4.69) is 9.80 Å². The van der Waals surface area contributed by atoms with Crippen LogP contribution in [-0.2, 0) is 0 Å². The number of β-amino-alcohol motifs (C(OH)–C–C–N with tert-alkyl or cyclic N) is 1. The third kappa shape index (κ3) is 3.72. The molecule has 2 aliphatic rings. The molecule has 1 aromatic rings. The molecule has 1 unspecified atom stereocenters. The van der Waals surface area contributed by atoms with Gasteiger partial charge >= 0.3 is 0 Å². The lowest BCUT2D eigenvalue weighted by Crippen LogP contribution is -2.47. The van der Waals surface area contributed by atoms with E-state index in [9.17, 15) is 5.11 Å². The highest BCUT2D eigenvalue weighted by Crippen LogP contribution is 2.30. The fraction of sp³-hybridized carbons (Fsp3) is 0.625. The molecule has 2 fully saturated rings. The number of benzene rings is 1. The fourth-order valence-electron chi connectivity index (χ4n) is 2.94. The van der Waals surface area contributed by atoms with Crippen molar-refractivity contribution in [3.8, 4) is 0 Å². The third-order valence-electron chi connectivity index (χ3n) is 4.40. The summed E-state index contributed by atoms with van der Waals surface area (Å²) in [5, 5.41) is 10.3. The van der Waals surface area contributed by atoms with Crippen LogP contribution in [0.3, 0.4) is 0 Å². The first-order valence-corrected chi connectivity index (χ1v) is 7.69. The number of aliphatic hydroxyl groups excluding tert-OH is 1. The van der Waals surface area contributed by atoms with Gasteiger partial charge in [0.2, 0.25) is 0 Å². The molecule has 0 bridgehead atoms. The highest BCUT2D eigenvalue weighted by Gasteiger charge is 2.26. The van der Waals surface area contributed by atoms with Gasteiger partial charge in [0.15, 0.2) is 0 Å². The maximum absolute atomic E-state index is 10.3. The number of nitrogen functional groups attached to an aromatic ring is 1. The Labute approximate surface area is 121 Å². The zero-order valence-electron chi connectivity index (χ0n) is 12.0. The van der Waals surface area contributed by atoms with Gasteiger partial charge in [0.25, 0.3) is 0 Å². The molecule has 3 N–H and O–H groups in total. The van der Waals surface area contributed by atoms with Crippen molar-refractivity contribution in [2.45, 2.75) is 18.9 Å². The van der Waals surface area contributed by atoms with Gasteiger partial charge in [-0.15, -0.1) is 0 Å². The van der Waals surface area contributed by atoms with E-state index in [1.807, 2.05) is 24.3 Å². The van der Waals surface area contributed by atoms with Gasteiger partial charge in [0.05, 0.1) is 6.10 Å². The van der Waals surface area contributed by atoms with Gasteiger partial charge in [-0.2, -0.15) is 0 Å². The largest absolute Gasteiger partial charge is 0.399 e. The van der Waals surface area contributed by atoms with E-state index in [1.54, 1.807) is 0 Å². The standard InChI is InChI=1S/C16H25N3O/c17-15-3-1-2-14(10-15)16(20)12-19-8-6-18(7-9-19)11-13-4-5-13/h1-3,10,13,16,20H,4-9,11-12,17H2. The van der Waals surface area contributed by atoms with E-state index in [0.717, 1.165) is 43.3 Å². The minimum atomic E-state index is -0.437. The van der Waals surface area contributed by atoms with Crippen LogP contribution < -0.4 is 5.73 Å². The second-order valence-corrected chi connectivity index (χ2v) is 6.23. The Morgan fingerprint density at radius 1 is 1.15 bits per heavy atom. The molecule has 110 valence electrons. The first kappa shape index (κ1) is 13.9. The zero-order valence-corrected chi connectivity index (χ0v) is 12.0. The molecule has 0 amide bonds. The van der Waals surface area contributed by atoms with Crippen LogP contribution in [0.4, 0.5) is 5.69 Å². The number of hydrogen-bond acceptors (Lipinski definition) is 4. The summed E-state index contributed by atoms with van der Waals surface area (Å²) >= 11 is 0. The van der Waals surface area contributed by atoms with Crippen molar-refractivity contribution in [1.82, 2.24) is 9.80 Å². The topological polar surface area (TPSA) is 52.7 Å². The van der Waals surface area contributed by atoms with Gasteiger partial charge in [-0.25, -0.2) is 0 Å². The van der Waals surface area contributed by atoms with Crippen LogP contribution in [0.1, 0.15) is 24.5 Å². The summed E-state index contributed by atoms with van der Waals surface area (Å²) in [6.07, 6.45) is 2.41. The maximum Gasteiger partial charge on any atom is 0.0917 e. The molecule has 3 rings (SSSR count). The molecule has 1 aliphatic heterocycles. The van der Waals surface area contributed by atoms with Crippen LogP contribution in [0.15, 0.2) is 24.3 Å². The minimum absolute atomic E-state index is 0.437. The summed E-state index contributed by atoms with van der Waals surface area (Å²) in [7, 11) is 0. The smallest absolute Gasteiger partial charge is 0.0917 e. The average Bonchev–Trinajstić information content (AvgIpc) is 3.25. The number of aliphatic hydroxyl groups is 1. The second kappa shape index (κ2) is 6.12. The van der Waals surface area contributed by atoms with Gasteiger partial charge in [-0.3, -0.25) is 4.90 Å². The van der Waals surface area contributed by atoms with Crippen molar-refractivity contribution in [2.75, 3.05) is 45.0 Å². The van der Waals surface area contributed by atoms with Crippen LogP contribution in [0.2, 0.25) is 0 Å². The molecule has 0 radical (unpaired) electrons. The van der Waals surface area contributed by atoms with Crippen molar-refractivity contribution in [1.29, 1.82) is 0 Å². The van der Waals surface area contributed by atoms with Gasteiger partial charge in [0.1, 0.15) is 0 Å². The Morgan fingerprint density at radius 2 is 1.85 bits per heavy atom. The van der Waals surface area contributed by atoms with Crippen LogP contribution in [-0.4, -0.2) is 54.2 Å². The highest BCUT2D eigenvalue weighted by molar-refractivity contribution is 5.41. The van der Waals surface area contributed by atoms with Crippen LogP contribution in [0, 0.1) is 5.92 Å². The Morgan fingerprint density at radius 3 is 2.50 bits per heavy atom. The van der Waals surface area contributed by atoms with Crippen LogP contribution in [0.25, 0.3) is 0 Å². The molecular weight excluding hydrogens is 250 g/mol. The van der Waals surface area contributed by atoms with E-state index < -0.39 is 6.10 Å². The monoisotopic (exact) mass is 275 g/mol. The molecular formula is C16H25N3O. The van der Waals surface area contributed by atoms with Gasteiger partial charge in [0, 0.05) is 45.0 Å². The lowest BCUT2D eigenvalue weighted by Gasteiger charge is -2.35. The van der Waals surface area contributed by atoms with Crippen molar-refractivity contribution in [3.63, 3.8) is 0 Å². The van der Waals surface area contributed by atoms with E-state index in [0.29, 0.717) is 6.54 Å². The first-order valence-electron chi connectivity index (χ1n) is 7.69. The molecule has 1 heterocycles. The normalized spacial score (nSPS) is 22.9. The van der Waals surface area contributed by atoms with Crippen molar-refractivity contribution < 1.29 is 5.11 Å². The third-order valence-corrected chi connectivity index (χ3v) is 4.40. The fourth-order valence-corrected chi connectivity index (χ4v) is 2.94. The number of nitrogens with two attached hydrogens (primary N) is 1. The first-order chi connectivity index (χ1) is 9.70. The maximum atomic E-state index is 10.3. The molecule has 4 heteroatoms. The number of anilines is 1. The molecule has 4 nitrogen and oxygen atoms in total. The quantitative estimate of drug-likeness (QED) is 0.796. The molecule has 0 aromatic heterocycles. The lowest BCUT2D eigenvalue weighted by molar-refractivity contribution is 0.0711. The van der Waals surface area contributed by atoms with Crippen LogP contribution in [0.5, 0.6) is 0 Å². The molecule has 1 aromatic carbocycles. The van der Waals surface area contributed by atoms with E-state index in [4.69, 9.17) is 5.73 Å². The van der Waals surface area contributed by atoms with Crippen LogP contribution >= 0.6 is 0 Å². The van der Waals surface area contributed by atoms with Gasteiger partial charge in [-0.05, 0) is 36.5 Å². The summed E-state index contributed by atoms with van der Waals surface area (Å²) < 4.78 is 0. The summed E-state index contributed by atoms with van der Waals surface area (Å²) in [6, 6.07) is 7.58.